The summed E-state index contributed by atoms with van der Waals surface area (Å²) in [6.07, 6.45) is 2.42. The van der Waals surface area contributed by atoms with E-state index in [0.717, 1.165) is 34.7 Å². The van der Waals surface area contributed by atoms with E-state index in [4.69, 9.17) is 0 Å². The van der Waals surface area contributed by atoms with Gasteiger partial charge in [-0.05, 0) is 41.3 Å². The minimum Gasteiger partial charge on any atom is -0.294 e. The van der Waals surface area contributed by atoms with Crippen LogP contribution in [0.5, 0.6) is 0 Å². The lowest BCUT2D eigenvalue weighted by Gasteiger charge is -2.16. The molecule has 0 unspecified atom stereocenters. The molecule has 1 nitrogen and oxygen atoms in total. The summed E-state index contributed by atoms with van der Waals surface area (Å²) in [6, 6.07) is 8.59. The van der Waals surface area contributed by atoms with Crippen LogP contribution < -0.4 is 0 Å². The topological polar surface area (TPSA) is 17.1 Å². The van der Waals surface area contributed by atoms with Crippen molar-refractivity contribution in [2.45, 2.75) is 19.3 Å². The zero-order valence-electron chi connectivity index (χ0n) is 8.79. The van der Waals surface area contributed by atoms with Crippen molar-refractivity contribution < 1.29 is 9.18 Å². The van der Waals surface area contributed by atoms with Crippen LogP contribution in [0.25, 0.3) is 10.8 Å². The second-order valence-corrected chi connectivity index (χ2v) is 4.24. The molecule has 0 saturated carbocycles. The highest BCUT2D eigenvalue weighted by molar-refractivity contribution is 6.10. The van der Waals surface area contributed by atoms with Crippen molar-refractivity contribution in [3.8, 4) is 0 Å². The molecule has 2 aromatic carbocycles. The Morgan fingerprint density at radius 2 is 1.88 bits per heavy atom. The molecule has 1 aliphatic carbocycles. The lowest BCUT2D eigenvalue weighted by atomic mass is 9.87. The zero-order chi connectivity index (χ0) is 11.1. The minimum atomic E-state index is -0.278. The molecule has 0 N–H and O–H groups in total. The maximum absolute atomic E-state index is 13.2. The predicted molar refractivity (Wildman–Crippen MR) is 61.2 cm³/mol. The summed E-state index contributed by atoms with van der Waals surface area (Å²) < 4.78 is 13.2. The first kappa shape index (κ1) is 9.52. The number of Topliss-reactive ketones (excluding diaryl/α,β-unsaturated/α-hetero) is 1. The first-order valence-electron chi connectivity index (χ1n) is 5.50. The molecule has 16 heavy (non-hydrogen) atoms. The summed E-state index contributed by atoms with van der Waals surface area (Å²) >= 11 is 0. The SMILES string of the molecule is O=C1CCCc2ccc3ccc(F)cc3c21. The van der Waals surface area contributed by atoms with Crippen molar-refractivity contribution in [2.24, 2.45) is 0 Å². The van der Waals surface area contributed by atoms with Crippen LogP contribution in [-0.2, 0) is 6.42 Å². The van der Waals surface area contributed by atoms with Gasteiger partial charge in [0.15, 0.2) is 5.78 Å². The molecule has 0 aliphatic heterocycles. The van der Waals surface area contributed by atoms with Gasteiger partial charge in [0, 0.05) is 12.0 Å². The van der Waals surface area contributed by atoms with Crippen LogP contribution in [0, 0.1) is 5.82 Å². The Morgan fingerprint density at radius 3 is 2.75 bits per heavy atom. The molecule has 1 aliphatic rings. The zero-order valence-corrected chi connectivity index (χ0v) is 8.79. The summed E-state index contributed by atoms with van der Waals surface area (Å²) in [5.41, 5.74) is 1.80. The fourth-order valence-electron chi connectivity index (χ4n) is 2.44. The van der Waals surface area contributed by atoms with Crippen LogP contribution >= 0.6 is 0 Å². The lowest BCUT2D eigenvalue weighted by Crippen LogP contribution is -2.11. The van der Waals surface area contributed by atoms with Crippen molar-refractivity contribution in [3.05, 3.63) is 47.3 Å². The standard InChI is InChI=1S/C14H11FO/c15-11-7-6-9-4-5-10-2-1-3-13(16)14(10)12(9)8-11/h4-8H,1-3H2. The molecular formula is C14H11FO. The number of hydrogen-bond acceptors (Lipinski definition) is 1. The number of carbonyl (C=O) groups excluding carboxylic acids is 1. The van der Waals surface area contributed by atoms with Crippen LogP contribution in [0.1, 0.15) is 28.8 Å². The Morgan fingerprint density at radius 1 is 1.06 bits per heavy atom. The predicted octanol–water partition coefficient (Wildman–Crippen LogP) is 3.50. The van der Waals surface area contributed by atoms with Crippen LogP contribution in [-0.4, -0.2) is 5.78 Å². The third-order valence-corrected chi connectivity index (χ3v) is 3.20. The van der Waals surface area contributed by atoms with Gasteiger partial charge in [-0.15, -0.1) is 0 Å². The van der Waals surface area contributed by atoms with Crippen molar-refractivity contribution in [2.75, 3.05) is 0 Å². The molecule has 0 amide bonds. The third-order valence-electron chi connectivity index (χ3n) is 3.20. The van der Waals surface area contributed by atoms with Crippen LogP contribution in [0.3, 0.4) is 0 Å². The second-order valence-electron chi connectivity index (χ2n) is 4.24. The molecule has 0 heterocycles. The normalized spacial score (nSPS) is 15.2. The number of aryl methyl sites for hydroxylation is 1. The largest absolute Gasteiger partial charge is 0.294 e. The van der Waals surface area contributed by atoms with E-state index in [2.05, 4.69) is 0 Å². The van der Waals surface area contributed by atoms with Gasteiger partial charge in [-0.25, -0.2) is 4.39 Å². The van der Waals surface area contributed by atoms with Crippen molar-refractivity contribution >= 4 is 16.6 Å². The Labute approximate surface area is 92.9 Å². The summed E-state index contributed by atoms with van der Waals surface area (Å²) in [7, 11) is 0. The highest BCUT2D eigenvalue weighted by Crippen LogP contribution is 2.29. The van der Waals surface area contributed by atoms with E-state index in [1.54, 1.807) is 6.07 Å². The first-order valence-corrected chi connectivity index (χ1v) is 5.50. The Balaban J connectivity index is 2.40. The van der Waals surface area contributed by atoms with E-state index in [1.807, 2.05) is 12.1 Å². The molecule has 2 heteroatoms. The van der Waals surface area contributed by atoms with E-state index in [0.29, 0.717) is 6.42 Å². The van der Waals surface area contributed by atoms with E-state index < -0.39 is 0 Å². The smallest absolute Gasteiger partial charge is 0.163 e. The number of halogens is 1. The molecule has 0 bridgehead atoms. The summed E-state index contributed by atoms with van der Waals surface area (Å²) in [5.74, 6) is -0.128. The fourth-order valence-corrected chi connectivity index (χ4v) is 2.44. The Kier molecular flexibility index (Phi) is 2.03. The fraction of sp³-hybridized carbons (Fsp3) is 0.214. The van der Waals surface area contributed by atoms with Gasteiger partial charge in [0.2, 0.25) is 0 Å². The summed E-state index contributed by atoms with van der Waals surface area (Å²) in [5, 5.41) is 1.71. The molecule has 0 radical (unpaired) electrons. The molecule has 80 valence electrons. The third kappa shape index (κ3) is 1.33. The number of carbonyl (C=O) groups is 1. The quantitative estimate of drug-likeness (QED) is 0.656. The molecule has 0 saturated heterocycles. The van der Waals surface area contributed by atoms with Gasteiger partial charge >= 0.3 is 0 Å². The van der Waals surface area contributed by atoms with Gasteiger partial charge in [0.25, 0.3) is 0 Å². The van der Waals surface area contributed by atoms with E-state index in [9.17, 15) is 9.18 Å². The average molecular weight is 214 g/mol. The highest BCUT2D eigenvalue weighted by Gasteiger charge is 2.19. The van der Waals surface area contributed by atoms with Gasteiger partial charge in [0.05, 0.1) is 0 Å². The molecule has 0 atom stereocenters. The molecule has 0 fully saturated rings. The number of hydrogen-bond donors (Lipinski definition) is 0. The van der Waals surface area contributed by atoms with E-state index in [-0.39, 0.29) is 11.6 Å². The van der Waals surface area contributed by atoms with Crippen LogP contribution in [0.15, 0.2) is 30.3 Å². The minimum absolute atomic E-state index is 0.150. The molecular weight excluding hydrogens is 203 g/mol. The van der Waals surface area contributed by atoms with Crippen LogP contribution in [0.4, 0.5) is 4.39 Å². The Hall–Kier alpha value is -1.70. The van der Waals surface area contributed by atoms with E-state index >= 15 is 0 Å². The second kappa shape index (κ2) is 3.41. The Bertz CT molecular complexity index is 587. The number of benzene rings is 2. The van der Waals surface area contributed by atoms with E-state index in [1.165, 1.54) is 12.1 Å². The number of fused-ring (bicyclic) bond motifs is 3. The first-order chi connectivity index (χ1) is 7.75. The number of ketones is 1. The van der Waals surface area contributed by atoms with Crippen molar-refractivity contribution in [3.63, 3.8) is 0 Å². The van der Waals surface area contributed by atoms with Gasteiger partial charge < -0.3 is 0 Å². The average Bonchev–Trinajstić information content (AvgIpc) is 2.28. The molecule has 2 aromatic rings. The van der Waals surface area contributed by atoms with Gasteiger partial charge in [-0.3, -0.25) is 4.79 Å². The monoisotopic (exact) mass is 214 g/mol. The van der Waals surface area contributed by atoms with Gasteiger partial charge in [0.1, 0.15) is 5.82 Å². The number of rotatable bonds is 0. The summed E-state index contributed by atoms with van der Waals surface area (Å²) in [6.45, 7) is 0. The molecule has 0 spiro atoms. The van der Waals surface area contributed by atoms with Gasteiger partial charge in [-0.2, -0.15) is 0 Å². The summed E-state index contributed by atoms with van der Waals surface area (Å²) in [4.78, 5) is 11.9. The molecule has 3 rings (SSSR count). The van der Waals surface area contributed by atoms with Gasteiger partial charge in [-0.1, -0.05) is 18.2 Å². The maximum Gasteiger partial charge on any atom is 0.163 e. The van der Waals surface area contributed by atoms with Crippen molar-refractivity contribution in [1.82, 2.24) is 0 Å². The van der Waals surface area contributed by atoms with Crippen molar-refractivity contribution in [1.29, 1.82) is 0 Å². The highest BCUT2D eigenvalue weighted by atomic mass is 19.1. The van der Waals surface area contributed by atoms with Crippen LogP contribution in [0.2, 0.25) is 0 Å². The maximum atomic E-state index is 13.2. The molecule has 0 aromatic heterocycles. The lowest BCUT2D eigenvalue weighted by molar-refractivity contribution is 0.0974.